The Morgan fingerprint density at radius 3 is 2.52 bits per heavy atom. The maximum Gasteiger partial charge on any atom is 0.341 e. The van der Waals surface area contributed by atoms with Gasteiger partial charge in [0.2, 0.25) is 5.89 Å². The summed E-state index contributed by atoms with van der Waals surface area (Å²) >= 11 is 0. The van der Waals surface area contributed by atoms with Gasteiger partial charge in [-0.05, 0) is 55.3 Å². The Kier molecular flexibility index (Phi) is 6.63. The lowest BCUT2D eigenvalue weighted by atomic mass is 10.1. The Morgan fingerprint density at radius 2 is 1.86 bits per heavy atom. The van der Waals surface area contributed by atoms with Gasteiger partial charge in [-0.25, -0.2) is 9.78 Å². The minimum Gasteiger partial charge on any atom is -0.482 e. The monoisotopic (exact) mass is 394 g/mol. The summed E-state index contributed by atoms with van der Waals surface area (Å²) in [6, 6.07) is 16.7. The van der Waals surface area contributed by atoms with E-state index in [1.165, 1.54) is 0 Å². The molecular formula is C22H22N2O5. The number of hydrogen-bond donors (Lipinski definition) is 1. The number of carboxylic acid groups (broad SMARTS) is 1. The molecule has 0 aliphatic heterocycles. The van der Waals surface area contributed by atoms with Gasteiger partial charge >= 0.3 is 5.97 Å². The number of oxazole rings is 1. The van der Waals surface area contributed by atoms with Crippen molar-refractivity contribution in [3.05, 3.63) is 71.6 Å². The third-order valence-electron chi connectivity index (χ3n) is 4.17. The van der Waals surface area contributed by atoms with Gasteiger partial charge < -0.3 is 19.1 Å². The van der Waals surface area contributed by atoms with Crippen molar-refractivity contribution in [2.45, 2.75) is 26.9 Å². The van der Waals surface area contributed by atoms with Gasteiger partial charge in [0.25, 0.3) is 0 Å². The highest BCUT2D eigenvalue weighted by molar-refractivity contribution is 6.00. The molecule has 1 aromatic heterocycles. The number of carbonyl (C=O) groups is 1. The van der Waals surface area contributed by atoms with Crippen molar-refractivity contribution in [2.24, 2.45) is 5.16 Å². The molecule has 0 aliphatic rings. The Hall–Kier alpha value is -3.61. The number of ether oxygens (including phenoxy) is 1. The zero-order chi connectivity index (χ0) is 20.6. The summed E-state index contributed by atoms with van der Waals surface area (Å²) in [4.78, 5) is 20.6. The Bertz CT molecular complexity index is 978. The molecule has 0 aliphatic carbocycles. The largest absolute Gasteiger partial charge is 0.482 e. The first-order chi connectivity index (χ1) is 14.1. The summed E-state index contributed by atoms with van der Waals surface area (Å²) in [7, 11) is 0. The van der Waals surface area contributed by atoms with Crippen LogP contribution in [0.1, 0.15) is 30.4 Å². The molecule has 3 aromatic rings. The van der Waals surface area contributed by atoms with E-state index < -0.39 is 5.97 Å². The van der Waals surface area contributed by atoms with E-state index in [1.54, 1.807) is 12.1 Å². The normalized spacial score (nSPS) is 11.3. The van der Waals surface area contributed by atoms with Gasteiger partial charge in [0.05, 0.1) is 5.71 Å². The molecule has 150 valence electrons. The number of rotatable bonds is 9. The van der Waals surface area contributed by atoms with E-state index in [0.717, 1.165) is 16.8 Å². The average molecular weight is 394 g/mol. The molecular weight excluding hydrogens is 372 g/mol. The van der Waals surface area contributed by atoms with Crippen molar-refractivity contribution in [3.8, 4) is 17.2 Å². The van der Waals surface area contributed by atoms with E-state index in [-0.39, 0.29) is 13.2 Å². The topological polar surface area (TPSA) is 94.2 Å². The van der Waals surface area contributed by atoms with Crippen LogP contribution in [0.3, 0.4) is 0 Å². The van der Waals surface area contributed by atoms with Crippen LogP contribution in [0.15, 0.2) is 64.2 Å². The zero-order valence-corrected chi connectivity index (χ0v) is 16.3. The number of oxime groups is 1. The first-order valence-electron chi connectivity index (χ1n) is 9.22. The molecule has 0 atom stereocenters. The maximum absolute atomic E-state index is 10.6. The van der Waals surface area contributed by atoms with Gasteiger partial charge in [-0.15, -0.1) is 0 Å². The van der Waals surface area contributed by atoms with Gasteiger partial charge in [-0.3, -0.25) is 0 Å². The molecule has 29 heavy (non-hydrogen) atoms. The summed E-state index contributed by atoms with van der Waals surface area (Å²) in [6.07, 6.45) is 0.669. The van der Waals surface area contributed by atoms with E-state index >= 15 is 0 Å². The number of benzene rings is 2. The smallest absolute Gasteiger partial charge is 0.341 e. The molecule has 2 aromatic carbocycles. The molecule has 0 spiro atoms. The number of aryl methyl sites for hydroxylation is 1. The lowest BCUT2D eigenvalue weighted by Crippen LogP contribution is -2.09. The van der Waals surface area contributed by atoms with Crippen molar-refractivity contribution in [1.29, 1.82) is 0 Å². The fourth-order valence-corrected chi connectivity index (χ4v) is 2.65. The highest BCUT2D eigenvalue weighted by Gasteiger charge is 2.12. The van der Waals surface area contributed by atoms with Crippen LogP contribution in [0.4, 0.5) is 0 Å². The second kappa shape index (κ2) is 9.54. The van der Waals surface area contributed by atoms with Crippen LogP contribution >= 0.6 is 0 Å². The molecule has 0 unspecified atom stereocenters. The highest BCUT2D eigenvalue weighted by Crippen LogP contribution is 2.22. The summed E-state index contributed by atoms with van der Waals surface area (Å²) in [5.74, 6) is 0.714. The summed E-state index contributed by atoms with van der Waals surface area (Å²) in [5.41, 5.74) is 3.24. The molecule has 0 bridgehead atoms. The zero-order valence-electron chi connectivity index (χ0n) is 16.3. The van der Waals surface area contributed by atoms with E-state index in [2.05, 4.69) is 10.1 Å². The predicted molar refractivity (Wildman–Crippen MR) is 108 cm³/mol. The third-order valence-corrected chi connectivity index (χ3v) is 4.17. The number of aliphatic carboxylic acids is 1. The van der Waals surface area contributed by atoms with Gasteiger partial charge in [0.15, 0.2) is 13.2 Å². The molecule has 0 radical (unpaired) electrons. The molecule has 7 heteroatoms. The quantitative estimate of drug-likeness (QED) is 0.426. The summed E-state index contributed by atoms with van der Waals surface area (Å²) in [6.45, 7) is 3.65. The minimum atomic E-state index is -1.02. The van der Waals surface area contributed by atoms with Crippen molar-refractivity contribution >= 4 is 11.7 Å². The Morgan fingerprint density at radius 1 is 1.14 bits per heavy atom. The Labute approximate surface area is 168 Å². The van der Waals surface area contributed by atoms with Crippen LogP contribution < -0.4 is 4.74 Å². The minimum absolute atomic E-state index is 0.200. The van der Waals surface area contributed by atoms with Gasteiger partial charge in [-0.1, -0.05) is 30.3 Å². The van der Waals surface area contributed by atoms with Crippen molar-refractivity contribution in [3.63, 3.8) is 0 Å². The van der Waals surface area contributed by atoms with Gasteiger partial charge in [0, 0.05) is 5.56 Å². The third kappa shape index (κ3) is 5.44. The first-order valence-corrected chi connectivity index (χ1v) is 9.22. The predicted octanol–water partition coefficient (Wildman–Crippen LogP) is 4.44. The van der Waals surface area contributed by atoms with E-state index in [4.69, 9.17) is 19.1 Å². The lowest BCUT2D eigenvalue weighted by Gasteiger charge is -2.07. The second-order valence-corrected chi connectivity index (χ2v) is 6.26. The molecule has 0 fully saturated rings. The second-order valence-electron chi connectivity index (χ2n) is 6.26. The average Bonchev–Trinajstić information content (AvgIpc) is 3.11. The van der Waals surface area contributed by atoms with Gasteiger partial charge in [0.1, 0.15) is 17.2 Å². The number of nitrogens with zero attached hydrogens (tertiary/aromatic N) is 2. The molecule has 3 rings (SSSR count). The number of aromatic nitrogens is 1. The van der Waals surface area contributed by atoms with Crippen molar-refractivity contribution in [1.82, 2.24) is 4.98 Å². The van der Waals surface area contributed by atoms with Crippen LogP contribution in [-0.4, -0.2) is 28.4 Å². The SMILES string of the molecule is CC/C(=N\OCc1nc(-c2ccccc2)oc1C)c1ccc(OCC(=O)O)cc1. The number of hydrogen-bond acceptors (Lipinski definition) is 6. The van der Waals surface area contributed by atoms with E-state index in [9.17, 15) is 4.79 Å². The fourth-order valence-electron chi connectivity index (χ4n) is 2.65. The van der Waals surface area contributed by atoms with Crippen LogP contribution in [0.25, 0.3) is 11.5 Å². The molecule has 1 N–H and O–H groups in total. The molecule has 0 amide bonds. The summed E-state index contributed by atoms with van der Waals surface area (Å²) in [5, 5.41) is 12.9. The van der Waals surface area contributed by atoms with Gasteiger partial charge in [-0.2, -0.15) is 0 Å². The van der Waals surface area contributed by atoms with E-state index in [0.29, 0.717) is 29.5 Å². The van der Waals surface area contributed by atoms with Crippen LogP contribution in [-0.2, 0) is 16.2 Å². The maximum atomic E-state index is 10.6. The number of carboxylic acids is 1. The fraction of sp³-hybridized carbons (Fsp3) is 0.227. The molecule has 7 nitrogen and oxygen atoms in total. The van der Waals surface area contributed by atoms with Crippen LogP contribution in [0.5, 0.6) is 5.75 Å². The highest BCUT2D eigenvalue weighted by atomic mass is 16.6. The molecule has 0 saturated carbocycles. The lowest BCUT2D eigenvalue weighted by molar-refractivity contribution is -0.139. The molecule has 1 heterocycles. The van der Waals surface area contributed by atoms with Crippen molar-refractivity contribution < 1.29 is 23.9 Å². The Balaban J connectivity index is 1.64. The first kappa shape index (κ1) is 20.1. The summed E-state index contributed by atoms with van der Waals surface area (Å²) < 4.78 is 10.9. The van der Waals surface area contributed by atoms with Crippen LogP contribution in [0.2, 0.25) is 0 Å². The van der Waals surface area contributed by atoms with Crippen molar-refractivity contribution in [2.75, 3.05) is 6.61 Å². The van der Waals surface area contributed by atoms with E-state index in [1.807, 2.05) is 56.3 Å². The molecule has 0 saturated heterocycles. The van der Waals surface area contributed by atoms with Crippen LogP contribution in [0, 0.1) is 6.92 Å². The standard InChI is InChI=1S/C22H22N2O5/c1-3-19(16-9-11-18(12-10-16)27-14-21(25)26)24-28-13-20-15(2)29-22(23-20)17-7-5-4-6-8-17/h4-12H,3,13-14H2,1-2H3,(H,25,26)/b24-19+.